The van der Waals surface area contributed by atoms with E-state index in [-0.39, 0.29) is 18.9 Å². The zero-order valence-electron chi connectivity index (χ0n) is 8.43. The molecule has 1 aliphatic heterocycles. The van der Waals surface area contributed by atoms with Crippen LogP contribution in [0.25, 0.3) is 0 Å². The number of hydrogen-bond donors (Lipinski definition) is 2. The zero-order chi connectivity index (χ0) is 11.0. The Morgan fingerprint density at radius 1 is 1.53 bits per heavy atom. The number of carbonyl (C=O) groups is 2. The molecule has 2 aliphatic rings. The monoisotopic (exact) mass is 213 g/mol. The van der Waals surface area contributed by atoms with Crippen LogP contribution in [0.5, 0.6) is 0 Å². The molecule has 1 heterocycles. The first kappa shape index (κ1) is 10.4. The lowest BCUT2D eigenvalue weighted by molar-refractivity contribution is -0.148. The van der Waals surface area contributed by atoms with Crippen LogP contribution >= 0.6 is 0 Å². The molecule has 0 aromatic heterocycles. The van der Waals surface area contributed by atoms with Gasteiger partial charge in [0.1, 0.15) is 6.04 Å². The average molecular weight is 213 g/mol. The molecule has 5 nitrogen and oxygen atoms in total. The molecule has 2 N–H and O–H groups in total. The van der Waals surface area contributed by atoms with Crippen LogP contribution in [0, 0.1) is 5.92 Å². The van der Waals surface area contributed by atoms with Gasteiger partial charge in [-0.1, -0.05) is 12.8 Å². The van der Waals surface area contributed by atoms with Crippen molar-refractivity contribution in [2.45, 2.75) is 37.8 Å². The van der Waals surface area contributed by atoms with Crippen LogP contribution in [0.15, 0.2) is 0 Å². The number of amides is 1. The molecule has 2 atom stereocenters. The van der Waals surface area contributed by atoms with Crippen molar-refractivity contribution < 1.29 is 19.8 Å². The summed E-state index contributed by atoms with van der Waals surface area (Å²) < 4.78 is 0. The van der Waals surface area contributed by atoms with Crippen LogP contribution in [-0.2, 0) is 9.59 Å². The van der Waals surface area contributed by atoms with Crippen molar-refractivity contribution in [3.8, 4) is 0 Å². The van der Waals surface area contributed by atoms with Gasteiger partial charge in [-0.25, -0.2) is 4.79 Å². The number of nitrogens with zero attached hydrogens (tertiary/aromatic N) is 1. The van der Waals surface area contributed by atoms with Gasteiger partial charge in [-0.15, -0.1) is 0 Å². The summed E-state index contributed by atoms with van der Waals surface area (Å²) in [6.07, 6.45) is 2.03. The molecule has 5 heteroatoms. The number of carboxylic acid groups (broad SMARTS) is 1. The van der Waals surface area contributed by atoms with Crippen LogP contribution < -0.4 is 0 Å². The van der Waals surface area contributed by atoms with E-state index in [1.54, 1.807) is 0 Å². The third-order valence-electron chi connectivity index (χ3n) is 3.05. The molecule has 1 amide bonds. The third-order valence-corrected chi connectivity index (χ3v) is 3.05. The number of rotatable bonds is 4. The molecule has 0 aromatic rings. The number of hydrogen-bond acceptors (Lipinski definition) is 3. The highest BCUT2D eigenvalue weighted by Crippen LogP contribution is 2.35. The van der Waals surface area contributed by atoms with Gasteiger partial charge in [0.05, 0.1) is 12.5 Å². The second kappa shape index (κ2) is 3.81. The van der Waals surface area contributed by atoms with Crippen molar-refractivity contribution in [3.05, 3.63) is 0 Å². The number of β-amino-alcohol motifs (C(OH)–C–C–N with tert-alkyl or cyclic N) is 1. The molecule has 0 radical (unpaired) electrons. The lowest BCUT2D eigenvalue weighted by Crippen LogP contribution is -2.42. The fraction of sp³-hybridized carbons (Fsp3) is 0.800. The van der Waals surface area contributed by atoms with Crippen molar-refractivity contribution >= 4 is 11.9 Å². The van der Waals surface area contributed by atoms with Crippen molar-refractivity contribution in [1.82, 2.24) is 4.90 Å². The van der Waals surface area contributed by atoms with Gasteiger partial charge in [-0.3, -0.25) is 4.79 Å². The maximum absolute atomic E-state index is 11.4. The van der Waals surface area contributed by atoms with Gasteiger partial charge in [-0.2, -0.15) is 0 Å². The first-order valence-corrected chi connectivity index (χ1v) is 5.28. The zero-order valence-corrected chi connectivity index (χ0v) is 8.43. The number of carboxylic acids is 1. The molecule has 1 aliphatic carbocycles. The maximum Gasteiger partial charge on any atom is 0.326 e. The SMILES string of the molecule is O=C(O)[C@H](CC1CC1)N1CC(O)CC1=O. The smallest absolute Gasteiger partial charge is 0.326 e. The van der Waals surface area contributed by atoms with E-state index in [1.807, 2.05) is 0 Å². The normalized spacial score (nSPS) is 28.2. The van der Waals surface area contributed by atoms with Crippen LogP contribution in [-0.4, -0.2) is 45.7 Å². The van der Waals surface area contributed by atoms with E-state index in [1.165, 1.54) is 4.90 Å². The van der Waals surface area contributed by atoms with Gasteiger partial charge in [0.25, 0.3) is 0 Å². The Balaban J connectivity index is 2.02. The van der Waals surface area contributed by atoms with Gasteiger partial charge in [0.15, 0.2) is 0 Å². The fourth-order valence-electron chi connectivity index (χ4n) is 2.04. The summed E-state index contributed by atoms with van der Waals surface area (Å²) in [6, 6.07) is -0.734. The van der Waals surface area contributed by atoms with Crippen molar-refractivity contribution in [1.29, 1.82) is 0 Å². The minimum atomic E-state index is -0.954. The Morgan fingerprint density at radius 2 is 2.20 bits per heavy atom. The predicted octanol–water partition coefficient (Wildman–Crippen LogP) is -0.167. The Morgan fingerprint density at radius 3 is 2.60 bits per heavy atom. The quantitative estimate of drug-likeness (QED) is 0.679. The summed E-state index contributed by atoms with van der Waals surface area (Å²) in [5, 5.41) is 18.3. The summed E-state index contributed by atoms with van der Waals surface area (Å²) in [5.41, 5.74) is 0. The molecule has 0 aromatic carbocycles. The molecule has 0 bridgehead atoms. The van der Waals surface area contributed by atoms with Gasteiger partial charge in [0.2, 0.25) is 5.91 Å². The lowest BCUT2D eigenvalue weighted by Gasteiger charge is -2.24. The molecule has 0 spiro atoms. The van der Waals surface area contributed by atoms with E-state index in [9.17, 15) is 14.7 Å². The van der Waals surface area contributed by atoms with Crippen LogP contribution in [0.1, 0.15) is 25.7 Å². The van der Waals surface area contributed by atoms with Crippen molar-refractivity contribution in [2.24, 2.45) is 5.92 Å². The van der Waals surface area contributed by atoms with Crippen LogP contribution in [0.2, 0.25) is 0 Å². The Kier molecular flexibility index (Phi) is 2.65. The molecule has 2 rings (SSSR count). The maximum atomic E-state index is 11.4. The van der Waals surface area contributed by atoms with E-state index in [4.69, 9.17) is 5.11 Å². The first-order chi connectivity index (χ1) is 7.08. The standard InChI is InChI=1S/C10H15NO4/c12-7-4-9(13)11(5-7)8(10(14)15)3-6-1-2-6/h6-8,12H,1-5H2,(H,14,15)/t7?,8-/m0/s1. The predicted molar refractivity (Wildman–Crippen MR) is 51.1 cm³/mol. The highest BCUT2D eigenvalue weighted by molar-refractivity contribution is 5.85. The van der Waals surface area contributed by atoms with Crippen molar-refractivity contribution in [3.63, 3.8) is 0 Å². The largest absolute Gasteiger partial charge is 0.480 e. The fourth-order valence-corrected chi connectivity index (χ4v) is 2.04. The second-order valence-electron chi connectivity index (χ2n) is 4.44. The molecule has 1 saturated carbocycles. The van der Waals surface area contributed by atoms with Crippen LogP contribution in [0.4, 0.5) is 0 Å². The summed E-state index contributed by atoms with van der Waals surface area (Å²) in [5.74, 6) is -0.739. The Hall–Kier alpha value is -1.10. The number of aliphatic hydroxyl groups excluding tert-OH is 1. The van der Waals surface area contributed by atoms with Crippen molar-refractivity contribution in [2.75, 3.05) is 6.54 Å². The Bertz CT molecular complexity index is 287. The molecular formula is C10H15NO4. The number of carbonyl (C=O) groups excluding carboxylic acids is 1. The minimum absolute atomic E-state index is 0.0639. The average Bonchev–Trinajstić information content (AvgIpc) is 2.88. The summed E-state index contributed by atoms with van der Waals surface area (Å²) in [6.45, 7) is 0.169. The second-order valence-corrected chi connectivity index (χ2v) is 4.44. The summed E-state index contributed by atoms with van der Waals surface area (Å²) in [7, 11) is 0. The number of aliphatic hydroxyl groups is 1. The van der Waals surface area contributed by atoms with E-state index in [2.05, 4.69) is 0 Å². The molecule has 15 heavy (non-hydrogen) atoms. The minimum Gasteiger partial charge on any atom is -0.480 e. The van der Waals surface area contributed by atoms with E-state index in [0.29, 0.717) is 12.3 Å². The molecule has 1 unspecified atom stereocenters. The van der Waals surface area contributed by atoms with E-state index < -0.39 is 18.1 Å². The van der Waals surface area contributed by atoms with E-state index in [0.717, 1.165) is 12.8 Å². The molecule has 2 fully saturated rings. The number of likely N-dealkylation sites (tertiary alicyclic amines) is 1. The lowest BCUT2D eigenvalue weighted by atomic mass is 10.1. The molecule has 84 valence electrons. The number of aliphatic carboxylic acids is 1. The van der Waals surface area contributed by atoms with Gasteiger partial charge in [0, 0.05) is 6.54 Å². The third kappa shape index (κ3) is 2.28. The highest BCUT2D eigenvalue weighted by atomic mass is 16.4. The highest BCUT2D eigenvalue weighted by Gasteiger charge is 2.39. The van der Waals surface area contributed by atoms with Gasteiger partial charge in [-0.05, 0) is 12.3 Å². The van der Waals surface area contributed by atoms with Gasteiger partial charge < -0.3 is 15.1 Å². The Labute approximate surface area is 87.7 Å². The first-order valence-electron chi connectivity index (χ1n) is 5.28. The summed E-state index contributed by atoms with van der Waals surface area (Å²) >= 11 is 0. The van der Waals surface area contributed by atoms with E-state index >= 15 is 0 Å². The molecular weight excluding hydrogens is 198 g/mol. The summed E-state index contributed by atoms with van der Waals surface area (Å²) in [4.78, 5) is 23.8. The van der Waals surface area contributed by atoms with Crippen LogP contribution in [0.3, 0.4) is 0 Å². The van der Waals surface area contributed by atoms with Gasteiger partial charge >= 0.3 is 5.97 Å². The topological polar surface area (TPSA) is 77.8 Å². The molecule has 1 saturated heterocycles.